The van der Waals surface area contributed by atoms with Gasteiger partial charge in [-0.05, 0) is 26.3 Å². The quantitative estimate of drug-likeness (QED) is 0.797. The maximum Gasteiger partial charge on any atom is 0.105 e. The fourth-order valence-electron chi connectivity index (χ4n) is 2.58. The van der Waals surface area contributed by atoms with E-state index in [1.807, 2.05) is 6.20 Å². The van der Waals surface area contributed by atoms with Gasteiger partial charge in [0.1, 0.15) is 5.82 Å². The lowest BCUT2D eigenvalue weighted by atomic mass is 10.1. The molecule has 1 aliphatic heterocycles. The molecule has 4 heteroatoms. The van der Waals surface area contributed by atoms with E-state index in [4.69, 9.17) is 0 Å². The van der Waals surface area contributed by atoms with E-state index in [0.717, 1.165) is 30.3 Å². The number of hydrogen-bond acceptors (Lipinski definition) is 2. The summed E-state index contributed by atoms with van der Waals surface area (Å²) in [6.45, 7) is 5.54. The Labute approximate surface area is 112 Å². The lowest BCUT2D eigenvalue weighted by Crippen LogP contribution is -2.38. The van der Waals surface area contributed by atoms with Crippen molar-refractivity contribution in [2.75, 3.05) is 18.4 Å². The number of aromatic nitrogens is 2. The van der Waals surface area contributed by atoms with Crippen molar-refractivity contribution in [3.05, 3.63) is 18.2 Å². The third-order valence-electron chi connectivity index (χ3n) is 3.73. The highest BCUT2D eigenvalue weighted by Crippen LogP contribution is 2.18. The maximum absolute atomic E-state index is 4.27. The Morgan fingerprint density at radius 1 is 1.35 bits per heavy atom. The second-order valence-electron chi connectivity index (χ2n) is 4.86. The minimum atomic E-state index is 0.723. The molecule has 1 fully saturated rings. The number of alkyl halides is 1. The Kier molecular flexibility index (Phi) is 5.04. The summed E-state index contributed by atoms with van der Waals surface area (Å²) in [6, 6.07) is 0.723. The van der Waals surface area contributed by atoms with Crippen LogP contribution in [-0.2, 0) is 6.54 Å². The van der Waals surface area contributed by atoms with E-state index in [-0.39, 0.29) is 0 Å². The maximum atomic E-state index is 4.27. The number of imidazole rings is 1. The van der Waals surface area contributed by atoms with Crippen molar-refractivity contribution < 1.29 is 0 Å². The topological polar surface area (TPSA) is 21.1 Å². The summed E-state index contributed by atoms with van der Waals surface area (Å²) in [7, 11) is 0. The Hall–Kier alpha value is -0.350. The van der Waals surface area contributed by atoms with Crippen molar-refractivity contribution in [3.63, 3.8) is 0 Å². The number of likely N-dealkylation sites (tertiary alicyclic amines) is 1. The van der Waals surface area contributed by atoms with E-state index >= 15 is 0 Å². The van der Waals surface area contributed by atoms with Gasteiger partial charge < -0.3 is 4.57 Å². The average molecular weight is 300 g/mol. The van der Waals surface area contributed by atoms with Gasteiger partial charge in [-0.3, -0.25) is 4.90 Å². The molecular weight excluding hydrogens is 278 g/mol. The largest absolute Gasteiger partial charge is 0.334 e. The van der Waals surface area contributed by atoms with Gasteiger partial charge in [0, 0.05) is 36.9 Å². The summed E-state index contributed by atoms with van der Waals surface area (Å²) in [6.07, 6.45) is 9.44. The van der Waals surface area contributed by atoms with Crippen LogP contribution in [0.15, 0.2) is 12.4 Å². The van der Waals surface area contributed by atoms with Crippen molar-refractivity contribution in [1.29, 1.82) is 0 Å². The summed E-state index contributed by atoms with van der Waals surface area (Å²) in [5.41, 5.74) is 0. The Morgan fingerprint density at radius 3 is 2.94 bits per heavy atom. The van der Waals surface area contributed by atoms with Gasteiger partial charge in [0.15, 0.2) is 0 Å². The number of hydrogen-bond donors (Lipinski definition) is 0. The van der Waals surface area contributed by atoms with Crippen molar-refractivity contribution in [2.24, 2.45) is 0 Å². The second kappa shape index (κ2) is 6.55. The van der Waals surface area contributed by atoms with E-state index in [1.54, 1.807) is 0 Å². The van der Waals surface area contributed by atoms with Gasteiger partial charge in [0.2, 0.25) is 0 Å². The number of halogens is 1. The first-order valence-corrected chi connectivity index (χ1v) is 7.71. The standard InChI is InChI=1S/C13H22BrN3/c1-12-15-6-8-16(12)9-10-17-7-4-2-3-5-13(17)11-14/h6,8,13H,2-5,7,9-11H2,1H3. The van der Waals surface area contributed by atoms with Crippen LogP contribution < -0.4 is 0 Å². The minimum Gasteiger partial charge on any atom is -0.334 e. The highest BCUT2D eigenvalue weighted by Gasteiger charge is 2.19. The number of rotatable bonds is 4. The normalized spacial score (nSPS) is 22.6. The molecule has 0 saturated carbocycles. The molecule has 1 unspecified atom stereocenters. The van der Waals surface area contributed by atoms with E-state index in [9.17, 15) is 0 Å². The molecule has 1 aliphatic rings. The van der Waals surface area contributed by atoms with Gasteiger partial charge in [-0.1, -0.05) is 28.8 Å². The van der Waals surface area contributed by atoms with Gasteiger partial charge in [0.05, 0.1) is 0 Å². The van der Waals surface area contributed by atoms with Crippen LogP contribution in [0.5, 0.6) is 0 Å². The first-order valence-electron chi connectivity index (χ1n) is 6.59. The van der Waals surface area contributed by atoms with Crippen molar-refractivity contribution in [1.82, 2.24) is 14.5 Å². The van der Waals surface area contributed by atoms with Crippen LogP contribution >= 0.6 is 15.9 Å². The van der Waals surface area contributed by atoms with Crippen LogP contribution in [-0.4, -0.2) is 38.9 Å². The Balaban J connectivity index is 1.89. The molecular formula is C13H22BrN3. The molecule has 0 radical (unpaired) electrons. The van der Waals surface area contributed by atoms with Gasteiger partial charge in [-0.25, -0.2) is 4.98 Å². The van der Waals surface area contributed by atoms with Gasteiger partial charge in [0.25, 0.3) is 0 Å². The molecule has 2 heterocycles. The van der Waals surface area contributed by atoms with Gasteiger partial charge >= 0.3 is 0 Å². The van der Waals surface area contributed by atoms with E-state index in [2.05, 4.69) is 43.5 Å². The molecule has 1 saturated heterocycles. The van der Waals surface area contributed by atoms with Crippen LogP contribution in [0.1, 0.15) is 31.5 Å². The summed E-state index contributed by atoms with van der Waals surface area (Å²) in [4.78, 5) is 6.91. The van der Waals surface area contributed by atoms with Crippen molar-refractivity contribution in [2.45, 2.75) is 45.2 Å². The first kappa shape index (κ1) is 13.1. The highest BCUT2D eigenvalue weighted by molar-refractivity contribution is 9.09. The second-order valence-corrected chi connectivity index (χ2v) is 5.51. The molecule has 1 aromatic rings. The molecule has 1 aromatic heterocycles. The fraction of sp³-hybridized carbons (Fsp3) is 0.769. The zero-order chi connectivity index (χ0) is 12.1. The molecule has 0 N–H and O–H groups in total. The summed E-state index contributed by atoms with van der Waals surface area (Å²) >= 11 is 3.66. The molecule has 1 atom stereocenters. The van der Waals surface area contributed by atoms with Crippen LogP contribution in [0, 0.1) is 6.92 Å². The van der Waals surface area contributed by atoms with E-state index < -0.39 is 0 Å². The lowest BCUT2D eigenvalue weighted by molar-refractivity contribution is 0.209. The van der Waals surface area contributed by atoms with Crippen LogP contribution in [0.3, 0.4) is 0 Å². The summed E-state index contributed by atoms with van der Waals surface area (Å²) in [5.74, 6) is 1.12. The zero-order valence-corrected chi connectivity index (χ0v) is 12.2. The molecule has 0 aliphatic carbocycles. The molecule has 2 rings (SSSR count). The lowest BCUT2D eigenvalue weighted by Gasteiger charge is -2.28. The van der Waals surface area contributed by atoms with Gasteiger partial charge in [-0.2, -0.15) is 0 Å². The zero-order valence-electron chi connectivity index (χ0n) is 10.6. The molecule has 96 valence electrons. The molecule has 0 amide bonds. The van der Waals surface area contributed by atoms with Gasteiger partial charge in [-0.15, -0.1) is 0 Å². The van der Waals surface area contributed by atoms with Crippen LogP contribution in [0.4, 0.5) is 0 Å². The smallest absolute Gasteiger partial charge is 0.105 e. The Morgan fingerprint density at radius 2 is 2.24 bits per heavy atom. The van der Waals surface area contributed by atoms with E-state index in [0.29, 0.717) is 0 Å². The number of nitrogens with zero attached hydrogens (tertiary/aromatic N) is 3. The minimum absolute atomic E-state index is 0.723. The van der Waals surface area contributed by atoms with E-state index in [1.165, 1.54) is 32.2 Å². The molecule has 17 heavy (non-hydrogen) atoms. The van der Waals surface area contributed by atoms with Crippen LogP contribution in [0.2, 0.25) is 0 Å². The predicted molar refractivity (Wildman–Crippen MR) is 74.6 cm³/mol. The molecule has 0 spiro atoms. The summed E-state index contributed by atoms with van der Waals surface area (Å²) < 4.78 is 2.25. The SMILES string of the molecule is Cc1nccn1CCN1CCCCCC1CBr. The summed E-state index contributed by atoms with van der Waals surface area (Å²) in [5, 5.41) is 1.11. The van der Waals surface area contributed by atoms with Crippen LogP contribution in [0.25, 0.3) is 0 Å². The highest BCUT2D eigenvalue weighted by atomic mass is 79.9. The number of aryl methyl sites for hydroxylation is 1. The fourth-order valence-corrected chi connectivity index (χ4v) is 3.32. The molecule has 3 nitrogen and oxygen atoms in total. The first-order chi connectivity index (χ1) is 8.31. The predicted octanol–water partition coefficient (Wildman–Crippen LogP) is 2.83. The Bertz CT molecular complexity index is 337. The third kappa shape index (κ3) is 3.55. The van der Waals surface area contributed by atoms with Crippen molar-refractivity contribution in [3.8, 4) is 0 Å². The monoisotopic (exact) mass is 299 g/mol. The molecule has 0 aromatic carbocycles. The average Bonchev–Trinajstić information content (AvgIpc) is 2.63. The third-order valence-corrected chi connectivity index (χ3v) is 4.48. The van der Waals surface area contributed by atoms with Crippen molar-refractivity contribution >= 4 is 15.9 Å². The molecule has 0 bridgehead atoms.